The molecule has 1 amide bonds. The van der Waals surface area contributed by atoms with Crippen molar-refractivity contribution in [1.29, 1.82) is 0 Å². The smallest absolute Gasteiger partial charge is 0.257 e. The molecule has 1 saturated heterocycles. The Kier molecular flexibility index (Phi) is 3.58. The molecule has 3 nitrogen and oxygen atoms in total. The molecular weight excluding hydrogens is 264 g/mol. The highest BCUT2D eigenvalue weighted by molar-refractivity contribution is 5.94. The average Bonchev–Trinajstić information content (AvgIpc) is 2.28. The Bertz CT molecular complexity index is 525. The van der Waals surface area contributed by atoms with Gasteiger partial charge in [-0.15, -0.1) is 0 Å². The summed E-state index contributed by atoms with van der Waals surface area (Å²) in [6.07, 6.45) is 0. The first kappa shape index (κ1) is 14.9. The summed E-state index contributed by atoms with van der Waals surface area (Å²) < 4.78 is 32.8. The van der Waals surface area contributed by atoms with Gasteiger partial charge in [0.1, 0.15) is 0 Å². The Labute approximate surface area is 117 Å². The van der Waals surface area contributed by atoms with Crippen LogP contribution in [0.5, 0.6) is 0 Å². The first-order valence-electron chi connectivity index (χ1n) is 6.55. The van der Waals surface area contributed by atoms with E-state index < -0.39 is 28.7 Å². The van der Waals surface area contributed by atoms with Crippen molar-refractivity contribution in [2.45, 2.75) is 38.9 Å². The number of carbonyl (C=O) groups is 1. The van der Waals surface area contributed by atoms with E-state index in [1.54, 1.807) is 0 Å². The van der Waals surface area contributed by atoms with Gasteiger partial charge in [0, 0.05) is 13.1 Å². The molecule has 0 N–H and O–H groups in total. The minimum Gasteiger partial charge on any atom is -0.366 e. The second kappa shape index (κ2) is 4.81. The van der Waals surface area contributed by atoms with Crippen LogP contribution in [-0.2, 0) is 4.74 Å². The Morgan fingerprint density at radius 1 is 1.15 bits per heavy atom. The molecule has 0 spiro atoms. The summed E-state index contributed by atoms with van der Waals surface area (Å²) >= 11 is 0. The van der Waals surface area contributed by atoms with Gasteiger partial charge in [-0.25, -0.2) is 8.78 Å². The molecule has 1 aliphatic rings. The summed E-state index contributed by atoms with van der Waals surface area (Å²) in [5.74, 6) is -2.62. The van der Waals surface area contributed by atoms with Crippen LogP contribution < -0.4 is 0 Å². The van der Waals surface area contributed by atoms with Crippen LogP contribution in [0.2, 0.25) is 0 Å². The van der Waals surface area contributed by atoms with Crippen LogP contribution in [0.25, 0.3) is 0 Å². The third kappa shape index (κ3) is 2.98. The van der Waals surface area contributed by atoms with E-state index in [1.165, 1.54) is 17.0 Å². The van der Waals surface area contributed by atoms with Crippen LogP contribution in [0.3, 0.4) is 0 Å². The van der Waals surface area contributed by atoms with Crippen LogP contribution in [-0.4, -0.2) is 35.1 Å². The lowest BCUT2D eigenvalue weighted by atomic mass is 9.98. The van der Waals surface area contributed by atoms with E-state index in [-0.39, 0.29) is 5.56 Å². The highest BCUT2D eigenvalue weighted by Gasteiger charge is 2.40. The van der Waals surface area contributed by atoms with E-state index >= 15 is 0 Å². The Morgan fingerprint density at radius 2 is 1.70 bits per heavy atom. The quantitative estimate of drug-likeness (QED) is 0.793. The zero-order valence-corrected chi connectivity index (χ0v) is 12.2. The lowest BCUT2D eigenvalue weighted by molar-refractivity contribution is -0.171. The predicted molar refractivity (Wildman–Crippen MR) is 71.5 cm³/mol. The van der Waals surface area contributed by atoms with E-state index in [9.17, 15) is 13.6 Å². The fourth-order valence-electron chi connectivity index (χ4n) is 2.77. The van der Waals surface area contributed by atoms with E-state index in [0.717, 1.165) is 6.07 Å². The molecule has 0 aliphatic carbocycles. The van der Waals surface area contributed by atoms with Gasteiger partial charge >= 0.3 is 0 Å². The summed E-state index contributed by atoms with van der Waals surface area (Å²) in [5.41, 5.74) is -1.29. The van der Waals surface area contributed by atoms with Crippen LogP contribution >= 0.6 is 0 Å². The van der Waals surface area contributed by atoms with Gasteiger partial charge in [0.15, 0.2) is 11.6 Å². The van der Waals surface area contributed by atoms with Crippen LogP contribution in [0.1, 0.15) is 38.1 Å². The van der Waals surface area contributed by atoms with Gasteiger partial charge in [0.25, 0.3) is 5.91 Å². The monoisotopic (exact) mass is 283 g/mol. The summed E-state index contributed by atoms with van der Waals surface area (Å²) in [5, 5.41) is 0. The van der Waals surface area contributed by atoms with Gasteiger partial charge in [-0.3, -0.25) is 4.79 Å². The molecule has 0 atom stereocenters. The molecule has 5 heteroatoms. The van der Waals surface area contributed by atoms with Crippen molar-refractivity contribution in [2.75, 3.05) is 13.1 Å². The van der Waals surface area contributed by atoms with Crippen molar-refractivity contribution in [2.24, 2.45) is 0 Å². The minimum atomic E-state index is -1.10. The molecule has 110 valence electrons. The number of benzene rings is 1. The molecule has 0 saturated carbocycles. The van der Waals surface area contributed by atoms with Crippen molar-refractivity contribution in [3.05, 3.63) is 35.4 Å². The van der Waals surface area contributed by atoms with Gasteiger partial charge in [-0.2, -0.15) is 0 Å². The molecule has 0 aromatic heterocycles. The number of halogens is 2. The summed E-state index contributed by atoms with van der Waals surface area (Å²) in [4.78, 5) is 13.9. The maximum Gasteiger partial charge on any atom is 0.257 e. The minimum absolute atomic E-state index is 0.237. The predicted octanol–water partition coefficient (Wildman–Crippen LogP) is 2.99. The second-order valence-corrected chi connectivity index (χ2v) is 6.38. The van der Waals surface area contributed by atoms with Crippen LogP contribution in [0.4, 0.5) is 8.78 Å². The second-order valence-electron chi connectivity index (χ2n) is 6.38. The van der Waals surface area contributed by atoms with Crippen LogP contribution in [0, 0.1) is 11.6 Å². The number of hydrogen-bond acceptors (Lipinski definition) is 2. The lowest BCUT2D eigenvalue weighted by Gasteiger charge is -2.47. The summed E-state index contributed by atoms with van der Waals surface area (Å²) in [7, 11) is 0. The van der Waals surface area contributed by atoms with E-state index in [2.05, 4.69) is 0 Å². The first-order valence-corrected chi connectivity index (χ1v) is 6.55. The van der Waals surface area contributed by atoms with Crippen molar-refractivity contribution >= 4 is 5.91 Å². The molecule has 1 aromatic rings. The van der Waals surface area contributed by atoms with Crippen molar-refractivity contribution in [1.82, 2.24) is 4.90 Å². The maximum atomic E-state index is 13.7. The topological polar surface area (TPSA) is 29.5 Å². The molecule has 0 radical (unpaired) electrons. The SMILES string of the molecule is CC1(C)CN(C(=O)c2cccc(F)c2F)CC(C)(C)O1. The fraction of sp³-hybridized carbons (Fsp3) is 0.533. The number of hydrogen-bond donors (Lipinski definition) is 0. The zero-order valence-electron chi connectivity index (χ0n) is 12.2. The van der Waals surface area contributed by atoms with E-state index in [1.807, 2.05) is 27.7 Å². The maximum absolute atomic E-state index is 13.7. The largest absolute Gasteiger partial charge is 0.366 e. The van der Waals surface area contributed by atoms with Crippen molar-refractivity contribution in [3.8, 4) is 0 Å². The number of amides is 1. The third-order valence-electron chi connectivity index (χ3n) is 3.17. The molecule has 2 rings (SSSR count). The number of carbonyl (C=O) groups excluding carboxylic acids is 1. The Morgan fingerprint density at radius 3 is 2.25 bits per heavy atom. The highest BCUT2D eigenvalue weighted by Crippen LogP contribution is 2.29. The molecule has 1 aliphatic heterocycles. The van der Waals surface area contributed by atoms with E-state index in [4.69, 9.17) is 4.74 Å². The summed E-state index contributed by atoms with van der Waals surface area (Å²) in [6, 6.07) is 3.64. The molecule has 1 fully saturated rings. The number of morpholine rings is 1. The average molecular weight is 283 g/mol. The molecule has 20 heavy (non-hydrogen) atoms. The molecule has 0 unspecified atom stereocenters. The highest BCUT2D eigenvalue weighted by atomic mass is 19.2. The molecule has 1 aromatic carbocycles. The third-order valence-corrected chi connectivity index (χ3v) is 3.17. The fourth-order valence-corrected chi connectivity index (χ4v) is 2.77. The van der Waals surface area contributed by atoms with Gasteiger partial charge in [0.05, 0.1) is 16.8 Å². The number of nitrogens with zero attached hydrogens (tertiary/aromatic N) is 1. The van der Waals surface area contributed by atoms with Gasteiger partial charge in [-0.1, -0.05) is 6.07 Å². The molecule has 0 bridgehead atoms. The van der Waals surface area contributed by atoms with Crippen molar-refractivity contribution < 1.29 is 18.3 Å². The van der Waals surface area contributed by atoms with Crippen LogP contribution in [0.15, 0.2) is 18.2 Å². The number of ether oxygens (including phenoxy) is 1. The number of rotatable bonds is 1. The van der Waals surface area contributed by atoms with Gasteiger partial charge in [-0.05, 0) is 39.8 Å². The van der Waals surface area contributed by atoms with Gasteiger partial charge < -0.3 is 9.64 Å². The molecule has 1 heterocycles. The lowest BCUT2D eigenvalue weighted by Crippen LogP contribution is -2.58. The zero-order chi connectivity index (χ0) is 15.1. The standard InChI is InChI=1S/C15H19F2NO2/c1-14(2)8-18(9-15(3,4)20-14)13(19)10-6-5-7-11(16)12(10)17/h5-7H,8-9H2,1-4H3. The normalized spacial score (nSPS) is 20.8. The summed E-state index contributed by atoms with van der Waals surface area (Å²) in [6.45, 7) is 8.16. The first-order chi connectivity index (χ1) is 9.11. The van der Waals surface area contributed by atoms with Gasteiger partial charge in [0.2, 0.25) is 0 Å². The Hall–Kier alpha value is -1.49. The Balaban J connectivity index is 2.31. The van der Waals surface area contributed by atoms with E-state index in [0.29, 0.717) is 13.1 Å². The van der Waals surface area contributed by atoms with Crippen molar-refractivity contribution in [3.63, 3.8) is 0 Å². The molecular formula is C15H19F2NO2.